The fourth-order valence-corrected chi connectivity index (χ4v) is 2.74. The number of benzene rings is 1. The summed E-state index contributed by atoms with van der Waals surface area (Å²) in [6.07, 6.45) is 1.50. The van der Waals surface area contributed by atoms with E-state index in [-0.39, 0.29) is 15.3 Å². The van der Waals surface area contributed by atoms with Crippen molar-refractivity contribution in [3.63, 3.8) is 0 Å². The van der Waals surface area contributed by atoms with E-state index in [2.05, 4.69) is 4.85 Å². The summed E-state index contributed by atoms with van der Waals surface area (Å²) in [7, 11) is -3.69. The molecule has 0 N–H and O–H groups in total. The van der Waals surface area contributed by atoms with Crippen molar-refractivity contribution in [3.8, 4) is 0 Å². The highest BCUT2D eigenvalue weighted by atomic mass is 32.2. The summed E-state index contributed by atoms with van der Waals surface area (Å²) in [6, 6.07) is 6.52. The predicted octanol–water partition coefficient (Wildman–Crippen LogP) is 3.58. The van der Waals surface area contributed by atoms with Gasteiger partial charge in [-0.05, 0) is 24.5 Å². The molecule has 0 spiro atoms. The molecular formula is C14H17NO2S. The second kappa shape index (κ2) is 4.95. The van der Waals surface area contributed by atoms with Crippen LogP contribution in [0.1, 0.15) is 26.3 Å². The van der Waals surface area contributed by atoms with Gasteiger partial charge in [0.05, 0.1) is 11.5 Å². The van der Waals surface area contributed by atoms with Gasteiger partial charge in [0.1, 0.15) is 0 Å². The fraction of sp³-hybridized carbons (Fsp3) is 0.357. The highest BCUT2D eigenvalue weighted by molar-refractivity contribution is 7.95. The zero-order chi connectivity index (χ0) is 14.0. The Bertz CT molecular complexity index is 597. The van der Waals surface area contributed by atoms with E-state index in [0.717, 1.165) is 5.56 Å². The molecule has 0 saturated heterocycles. The van der Waals surface area contributed by atoms with Gasteiger partial charge in [-0.1, -0.05) is 44.5 Å². The molecule has 0 heterocycles. The van der Waals surface area contributed by atoms with Crippen molar-refractivity contribution in [1.82, 2.24) is 0 Å². The first kappa shape index (κ1) is 14.5. The minimum absolute atomic E-state index is 0.166. The van der Waals surface area contributed by atoms with E-state index in [1.54, 1.807) is 12.1 Å². The molecule has 1 aromatic carbocycles. The Morgan fingerprint density at radius 2 is 1.72 bits per heavy atom. The minimum atomic E-state index is -3.69. The van der Waals surface area contributed by atoms with Crippen LogP contribution in [-0.4, -0.2) is 8.42 Å². The van der Waals surface area contributed by atoms with Crippen molar-refractivity contribution in [2.75, 3.05) is 0 Å². The third-order valence-electron chi connectivity index (χ3n) is 2.27. The molecule has 0 aliphatic rings. The predicted molar refractivity (Wildman–Crippen MR) is 72.5 cm³/mol. The summed E-state index contributed by atoms with van der Waals surface area (Å²) in [4.78, 5) is 3.33. The van der Waals surface area contributed by atoms with Gasteiger partial charge in [0.2, 0.25) is 9.84 Å². The number of rotatable bonds is 2. The summed E-state index contributed by atoms with van der Waals surface area (Å²) in [5.74, 6) is 0. The lowest BCUT2D eigenvalue weighted by atomic mass is 9.97. The summed E-state index contributed by atoms with van der Waals surface area (Å²) >= 11 is 0. The summed E-state index contributed by atoms with van der Waals surface area (Å²) < 4.78 is 24.5. The first-order valence-corrected chi connectivity index (χ1v) is 7.07. The topological polar surface area (TPSA) is 38.5 Å². The lowest BCUT2D eigenvalue weighted by molar-refractivity contribution is 0.541. The molecular weight excluding hydrogens is 246 g/mol. The van der Waals surface area contributed by atoms with Gasteiger partial charge in [0, 0.05) is 0 Å². The number of sulfone groups is 1. The third-order valence-corrected chi connectivity index (χ3v) is 3.93. The van der Waals surface area contributed by atoms with Gasteiger partial charge >= 0.3 is 0 Å². The largest absolute Gasteiger partial charge is 0.279 e. The van der Waals surface area contributed by atoms with Crippen LogP contribution >= 0.6 is 0 Å². The second-order valence-electron chi connectivity index (χ2n) is 5.28. The molecule has 1 rings (SSSR count). The molecule has 0 aromatic heterocycles. The van der Waals surface area contributed by atoms with Crippen LogP contribution in [0.4, 0.5) is 0 Å². The first-order chi connectivity index (χ1) is 8.16. The van der Waals surface area contributed by atoms with Crippen LogP contribution in [0.25, 0.3) is 4.85 Å². The van der Waals surface area contributed by atoms with Gasteiger partial charge in [-0.2, -0.15) is 0 Å². The number of allylic oxidation sites excluding steroid dienone is 1. The van der Waals surface area contributed by atoms with E-state index in [9.17, 15) is 8.42 Å². The average Bonchev–Trinajstić information content (AvgIpc) is 2.25. The Morgan fingerprint density at radius 3 is 2.11 bits per heavy atom. The zero-order valence-electron chi connectivity index (χ0n) is 11.1. The van der Waals surface area contributed by atoms with Crippen LogP contribution in [0.15, 0.2) is 40.3 Å². The molecule has 4 heteroatoms. The average molecular weight is 263 g/mol. The summed E-state index contributed by atoms with van der Waals surface area (Å²) in [5, 5.41) is -0.209. The van der Waals surface area contributed by atoms with Crippen molar-refractivity contribution in [2.24, 2.45) is 5.41 Å². The Labute approximate surface area is 109 Å². The van der Waals surface area contributed by atoms with Crippen LogP contribution in [0, 0.1) is 18.9 Å². The Morgan fingerprint density at radius 1 is 1.22 bits per heavy atom. The van der Waals surface area contributed by atoms with Crippen molar-refractivity contribution in [3.05, 3.63) is 52.4 Å². The maximum Gasteiger partial charge on any atom is 0.279 e. The van der Waals surface area contributed by atoms with Crippen LogP contribution < -0.4 is 0 Å². The van der Waals surface area contributed by atoms with Gasteiger partial charge < -0.3 is 0 Å². The van der Waals surface area contributed by atoms with E-state index in [1.165, 1.54) is 18.2 Å². The van der Waals surface area contributed by atoms with Gasteiger partial charge in [0.25, 0.3) is 5.03 Å². The Balaban J connectivity index is 3.34. The SMILES string of the molecule is [C-]#[N+]C(=CC(C)(C)C)S(=O)(=O)c1ccc(C)cc1. The molecule has 96 valence electrons. The lowest BCUT2D eigenvalue weighted by Gasteiger charge is -2.13. The number of aryl methyl sites for hydroxylation is 1. The van der Waals surface area contributed by atoms with Crippen LogP contribution in [-0.2, 0) is 9.84 Å². The molecule has 18 heavy (non-hydrogen) atoms. The molecule has 1 aromatic rings. The zero-order valence-corrected chi connectivity index (χ0v) is 11.9. The molecule has 0 aliphatic carbocycles. The Kier molecular flexibility index (Phi) is 3.98. The monoisotopic (exact) mass is 263 g/mol. The van der Waals surface area contributed by atoms with E-state index >= 15 is 0 Å². The second-order valence-corrected chi connectivity index (χ2v) is 7.17. The normalized spacial score (nSPS) is 13.2. The summed E-state index contributed by atoms with van der Waals surface area (Å²) in [6.45, 7) is 14.5. The van der Waals surface area contributed by atoms with Crippen molar-refractivity contribution in [1.29, 1.82) is 0 Å². The molecule has 0 saturated carbocycles. The first-order valence-electron chi connectivity index (χ1n) is 5.59. The molecule has 0 radical (unpaired) electrons. The number of hydrogen-bond donors (Lipinski definition) is 0. The van der Waals surface area contributed by atoms with E-state index in [1.807, 2.05) is 27.7 Å². The van der Waals surface area contributed by atoms with Crippen molar-refractivity contribution >= 4 is 9.84 Å². The standard InChI is InChI=1S/C14H17NO2S/c1-11-6-8-12(9-7-11)18(16,17)13(15-5)10-14(2,3)4/h6-10H,1-4H3. The van der Waals surface area contributed by atoms with Gasteiger partial charge in [-0.15, -0.1) is 0 Å². The number of nitrogens with zero attached hydrogens (tertiary/aromatic N) is 1. The van der Waals surface area contributed by atoms with E-state index in [0.29, 0.717) is 0 Å². The van der Waals surface area contributed by atoms with Gasteiger partial charge in [0.15, 0.2) is 0 Å². The molecule has 0 fully saturated rings. The van der Waals surface area contributed by atoms with Crippen molar-refractivity contribution in [2.45, 2.75) is 32.6 Å². The minimum Gasteiger partial charge on any atom is -0.230 e. The fourth-order valence-electron chi connectivity index (χ4n) is 1.38. The van der Waals surface area contributed by atoms with Crippen LogP contribution in [0.5, 0.6) is 0 Å². The molecule has 0 aliphatic heterocycles. The molecule has 0 amide bonds. The quantitative estimate of drug-likeness (QED) is 0.765. The van der Waals surface area contributed by atoms with Gasteiger partial charge in [-0.3, -0.25) is 0 Å². The number of hydrogen-bond acceptors (Lipinski definition) is 2. The molecule has 0 bridgehead atoms. The molecule has 3 nitrogen and oxygen atoms in total. The van der Waals surface area contributed by atoms with E-state index in [4.69, 9.17) is 6.57 Å². The molecule has 0 unspecified atom stereocenters. The maximum absolute atomic E-state index is 12.3. The van der Waals surface area contributed by atoms with Crippen LogP contribution in [0.3, 0.4) is 0 Å². The van der Waals surface area contributed by atoms with Gasteiger partial charge in [-0.25, -0.2) is 13.3 Å². The lowest BCUT2D eigenvalue weighted by Crippen LogP contribution is -2.07. The van der Waals surface area contributed by atoms with Crippen molar-refractivity contribution < 1.29 is 8.42 Å². The smallest absolute Gasteiger partial charge is 0.230 e. The molecule has 0 atom stereocenters. The highest BCUT2D eigenvalue weighted by Gasteiger charge is 2.23. The maximum atomic E-state index is 12.3. The van der Waals surface area contributed by atoms with E-state index < -0.39 is 9.84 Å². The van der Waals surface area contributed by atoms with Crippen LogP contribution in [0.2, 0.25) is 0 Å². The third kappa shape index (κ3) is 3.44. The highest BCUT2D eigenvalue weighted by Crippen LogP contribution is 2.26. The Hall–Kier alpha value is -1.60. The summed E-state index contributed by atoms with van der Waals surface area (Å²) in [5.41, 5.74) is 0.635.